The molecule has 0 bridgehead atoms. The summed E-state index contributed by atoms with van der Waals surface area (Å²) in [6.07, 6.45) is 1.33. The average Bonchev–Trinajstić information content (AvgIpc) is 2.90. The number of ether oxygens (including phenoxy) is 2. The molecule has 0 saturated carbocycles. The van der Waals surface area contributed by atoms with E-state index in [1.54, 1.807) is 68.4 Å². The van der Waals surface area contributed by atoms with Crippen molar-refractivity contribution in [2.75, 3.05) is 23.4 Å². The lowest BCUT2D eigenvalue weighted by atomic mass is 10.1. The van der Waals surface area contributed by atoms with Crippen LogP contribution in [0.2, 0.25) is 10.0 Å². The van der Waals surface area contributed by atoms with E-state index in [1.165, 1.54) is 6.08 Å². The summed E-state index contributed by atoms with van der Waals surface area (Å²) in [6, 6.07) is 13.7. The molecule has 1 fully saturated rings. The van der Waals surface area contributed by atoms with Gasteiger partial charge in [-0.2, -0.15) is 0 Å². The van der Waals surface area contributed by atoms with Crippen LogP contribution in [0.25, 0.3) is 6.08 Å². The normalized spacial score (nSPS) is 14.3. The van der Waals surface area contributed by atoms with Crippen LogP contribution < -0.4 is 25.0 Å². The minimum absolute atomic E-state index is 0.251. The van der Waals surface area contributed by atoms with Gasteiger partial charge in [0.1, 0.15) is 5.57 Å². The first-order chi connectivity index (χ1) is 19.1. The van der Waals surface area contributed by atoms with Gasteiger partial charge in [0, 0.05) is 15.7 Å². The highest BCUT2D eigenvalue weighted by molar-refractivity contribution is 9.10. The highest BCUT2D eigenvalue weighted by Gasteiger charge is 2.37. The molecular formula is C28H22BrCl2N3O6. The second-order valence-electron chi connectivity index (χ2n) is 8.45. The van der Waals surface area contributed by atoms with Gasteiger partial charge in [-0.05, 0) is 95.5 Å². The van der Waals surface area contributed by atoms with Crippen LogP contribution in [0.15, 0.2) is 64.6 Å². The van der Waals surface area contributed by atoms with Crippen LogP contribution in [0, 0.1) is 6.92 Å². The van der Waals surface area contributed by atoms with Crippen molar-refractivity contribution < 1.29 is 28.7 Å². The van der Waals surface area contributed by atoms with Crippen LogP contribution in [0.4, 0.5) is 16.2 Å². The Labute approximate surface area is 248 Å². The number of nitrogens with one attached hydrogen (secondary N) is 2. The molecule has 1 aliphatic heterocycles. The van der Waals surface area contributed by atoms with E-state index in [2.05, 4.69) is 26.6 Å². The number of barbiturate groups is 1. The lowest BCUT2D eigenvalue weighted by Gasteiger charge is -2.27. The van der Waals surface area contributed by atoms with Gasteiger partial charge < -0.3 is 14.8 Å². The minimum Gasteiger partial charge on any atom is -0.490 e. The molecule has 5 amide bonds. The summed E-state index contributed by atoms with van der Waals surface area (Å²) < 4.78 is 11.9. The molecule has 40 heavy (non-hydrogen) atoms. The van der Waals surface area contributed by atoms with Crippen molar-refractivity contribution in [1.82, 2.24) is 5.32 Å². The van der Waals surface area contributed by atoms with Crippen LogP contribution in [0.5, 0.6) is 11.5 Å². The third-order valence-corrected chi connectivity index (χ3v) is 6.95. The standard InChI is InChI=1S/C28H22BrCl2N3O6/c1-3-39-23-13-16(12-20(29)25(23)40-14-24(35)32-18-9-7-17(30)8-10-18)11-19-26(36)33-28(38)34(27(19)37)22-6-4-5-21(31)15(22)2/h4-13H,3,14H2,1-2H3,(H,32,35)(H,33,36,38)/b19-11+. The van der Waals surface area contributed by atoms with E-state index in [4.69, 9.17) is 32.7 Å². The number of amides is 5. The van der Waals surface area contributed by atoms with Crippen molar-refractivity contribution in [2.24, 2.45) is 0 Å². The summed E-state index contributed by atoms with van der Waals surface area (Å²) >= 11 is 15.5. The van der Waals surface area contributed by atoms with Crippen LogP contribution in [0.3, 0.4) is 0 Å². The summed E-state index contributed by atoms with van der Waals surface area (Å²) in [7, 11) is 0. The Morgan fingerprint density at radius 3 is 2.50 bits per heavy atom. The molecule has 3 aromatic rings. The molecule has 0 aromatic heterocycles. The largest absolute Gasteiger partial charge is 0.490 e. The van der Waals surface area contributed by atoms with E-state index in [0.29, 0.717) is 31.3 Å². The fourth-order valence-corrected chi connectivity index (χ4v) is 4.69. The summed E-state index contributed by atoms with van der Waals surface area (Å²) in [5.41, 5.74) is 1.45. The highest BCUT2D eigenvalue weighted by atomic mass is 79.9. The molecule has 1 saturated heterocycles. The molecule has 0 aliphatic carbocycles. The molecule has 0 unspecified atom stereocenters. The SMILES string of the molecule is CCOc1cc(/C=C2\C(=O)NC(=O)N(c3cccc(Cl)c3C)C2=O)cc(Br)c1OCC(=O)Nc1ccc(Cl)cc1. The molecule has 9 nitrogen and oxygen atoms in total. The number of urea groups is 1. The predicted octanol–water partition coefficient (Wildman–Crippen LogP) is 6.15. The molecule has 206 valence electrons. The number of carbonyl (C=O) groups is 4. The molecule has 0 atom stereocenters. The summed E-state index contributed by atoms with van der Waals surface area (Å²) in [6.45, 7) is 3.39. The van der Waals surface area contributed by atoms with Crippen LogP contribution >= 0.6 is 39.1 Å². The zero-order valence-corrected chi connectivity index (χ0v) is 24.3. The van der Waals surface area contributed by atoms with E-state index in [0.717, 1.165) is 4.90 Å². The number of rotatable bonds is 8. The number of benzene rings is 3. The smallest absolute Gasteiger partial charge is 0.335 e. The molecule has 12 heteroatoms. The van der Waals surface area contributed by atoms with Gasteiger partial charge in [0.15, 0.2) is 18.1 Å². The topological polar surface area (TPSA) is 114 Å². The second kappa shape index (κ2) is 12.5. The molecule has 2 N–H and O–H groups in total. The fourth-order valence-electron chi connectivity index (χ4n) is 3.82. The van der Waals surface area contributed by atoms with E-state index in [9.17, 15) is 19.2 Å². The van der Waals surface area contributed by atoms with E-state index in [1.807, 2.05) is 0 Å². The molecule has 3 aromatic carbocycles. The van der Waals surface area contributed by atoms with Gasteiger partial charge in [0.05, 0.1) is 16.8 Å². The Balaban J connectivity index is 1.60. The Morgan fingerprint density at radius 2 is 1.80 bits per heavy atom. The van der Waals surface area contributed by atoms with Crippen molar-refractivity contribution >= 4 is 80.3 Å². The number of imide groups is 2. The number of anilines is 2. The van der Waals surface area contributed by atoms with E-state index < -0.39 is 23.8 Å². The predicted molar refractivity (Wildman–Crippen MR) is 156 cm³/mol. The summed E-state index contributed by atoms with van der Waals surface area (Å²) in [5.74, 6) is -1.55. The molecule has 4 rings (SSSR count). The zero-order valence-electron chi connectivity index (χ0n) is 21.2. The first kappa shape index (κ1) is 29.1. The fraction of sp³-hybridized carbons (Fsp3) is 0.143. The Bertz CT molecular complexity index is 1540. The van der Waals surface area contributed by atoms with Crippen molar-refractivity contribution in [3.05, 3.63) is 85.8 Å². The van der Waals surface area contributed by atoms with Crippen LogP contribution in [0.1, 0.15) is 18.1 Å². The average molecular weight is 647 g/mol. The van der Waals surface area contributed by atoms with Crippen LogP contribution in [-0.2, 0) is 14.4 Å². The van der Waals surface area contributed by atoms with Gasteiger partial charge in [-0.3, -0.25) is 19.7 Å². The van der Waals surface area contributed by atoms with Gasteiger partial charge in [0.2, 0.25) is 0 Å². The number of halogens is 3. The van der Waals surface area contributed by atoms with Crippen LogP contribution in [-0.4, -0.2) is 37.0 Å². The maximum atomic E-state index is 13.3. The van der Waals surface area contributed by atoms with Crippen molar-refractivity contribution in [3.63, 3.8) is 0 Å². The maximum absolute atomic E-state index is 13.3. The quantitative estimate of drug-likeness (QED) is 0.224. The summed E-state index contributed by atoms with van der Waals surface area (Å²) in [4.78, 5) is 51.9. The number of nitrogens with zero attached hydrogens (tertiary/aromatic N) is 1. The monoisotopic (exact) mass is 645 g/mol. The molecule has 0 radical (unpaired) electrons. The zero-order chi connectivity index (χ0) is 29.0. The van der Waals surface area contributed by atoms with E-state index in [-0.39, 0.29) is 36.0 Å². The Hall–Kier alpha value is -3.86. The molecular weight excluding hydrogens is 625 g/mol. The van der Waals surface area contributed by atoms with Crippen molar-refractivity contribution in [1.29, 1.82) is 0 Å². The van der Waals surface area contributed by atoms with E-state index >= 15 is 0 Å². The van der Waals surface area contributed by atoms with Gasteiger partial charge in [-0.25, -0.2) is 9.69 Å². The lowest BCUT2D eigenvalue weighted by molar-refractivity contribution is -0.122. The first-order valence-corrected chi connectivity index (χ1v) is 13.4. The minimum atomic E-state index is -0.880. The lowest BCUT2D eigenvalue weighted by Crippen LogP contribution is -2.54. The Morgan fingerprint density at radius 1 is 1.07 bits per heavy atom. The third-order valence-electron chi connectivity index (χ3n) is 5.70. The van der Waals surface area contributed by atoms with Crippen molar-refractivity contribution in [3.8, 4) is 11.5 Å². The third kappa shape index (κ3) is 6.47. The van der Waals surface area contributed by atoms with Gasteiger partial charge in [-0.15, -0.1) is 0 Å². The number of hydrogen-bond acceptors (Lipinski definition) is 6. The number of hydrogen-bond donors (Lipinski definition) is 2. The van der Waals surface area contributed by atoms with Gasteiger partial charge in [-0.1, -0.05) is 29.3 Å². The Kier molecular flexibility index (Phi) is 9.14. The maximum Gasteiger partial charge on any atom is 0.335 e. The van der Waals surface area contributed by atoms with Crippen molar-refractivity contribution in [2.45, 2.75) is 13.8 Å². The van der Waals surface area contributed by atoms with Gasteiger partial charge in [0.25, 0.3) is 17.7 Å². The molecule has 1 heterocycles. The number of carbonyl (C=O) groups excluding carboxylic acids is 4. The molecule has 0 spiro atoms. The molecule has 1 aliphatic rings. The first-order valence-electron chi connectivity index (χ1n) is 11.9. The summed E-state index contributed by atoms with van der Waals surface area (Å²) in [5, 5.41) is 5.80. The highest BCUT2D eigenvalue weighted by Crippen LogP contribution is 2.38. The second-order valence-corrected chi connectivity index (χ2v) is 10.1. The van der Waals surface area contributed by atoms with Gasteiger partial charge >= 0.3 is 6.03 Å².